The van der Waals surface area contributed by atoms with Gasteiger partial charge in [-0.25, -0.2) is 22.9 Å². The monoisotopic (exact) mass is 506 g/mol. The molecule has 1 aliphatic heterocycles. The molecule has 2 aromatic rings. The van der Waals surface area contributed by atoms with E-state index in [1.807, 2.05) is 0 Å². The molecule has 14 heteroatoms. The Morgan fingerprint density at radius 1 is 1.34 bits per heavy atom. The number of pyridine rings is 1. The summed E-state index contributed by atoms with van der Waals surface area (Å²) in [5, 5.41) is 9.40. The molecule has 3 heterocycles. The fraction of sp³-hybridized carbons (Fsp3) is 0.524. The SMILES string of the molecule is C=CC[C@@H](C(=O)O)n1ccc2[nH]c([C@@H]3C[C@@H](F)CN3C(=O)C3(C(F)(F)F)CC(F)(F)C3)nc2c1=O. The molecule has 0 radical (unpaired) electrons. The third-order valence-corrected chi connectivity index (χ3v) is 6.50. The number of hydrogen-bond acceptors (Lipinski definition) is 4. The second-order valence-corrected chi connectivity index (χ2v) is 8.89. The number of rotatable bonds is 6. The van der Waals surface area contributed by atoms with Crippen molar-refractivity contribution in [2.24, 2.45) is 5.41 Å². The lowest BCUT2D eigenvalue weighted by Crippen LogP contribution is -2.63. The molecule has 2 aromatic heterocycles. The highest BCUT2D eigenvalue weighted by Crippen LogP contribution is 2.61. The first-order valence-electron chi connectivity index (χ1n) is 10.5. The number of alkyl halides is 6. The van der Waals surface area contributed by atoms with Gasteiger partial charge in [-0.05, 0) is 12.5 Å². The van der Waals surface area contributed by atoms with Crippen LogP contribution >= 0.6 is 0 Å². The van der Waals surface area contributed by atoms with Crippen LogP contribution in [-0.2, 0) is 9.59 Å². The average Bonchev–Trinajstić information content (AvgIpc) is 3.33. The molecular formula is C21H20F6N4O4. The first-order valence-corrected chi connectivity index (χ1v) is 10.5. The Labute approximate surface area is 193 Å². The standard InChI is InChI=1S/C21H20F6N4O4/c1-2-3-12(17(33)34)30-5-4-11-14(16(30)32)29-15(28-11)13-6-10(22)7-31(13)18(35)19(21(25,26)27)8-20(23,24)9-19/h2,4-5,10,12-13H,1,3,6-9H2,(H,28,29)(H,33,34)/t10-,12+,13+/m1/s1. The van der Waals surface area contributed by atoms with Crippen molar-refractivity contribution in [2.75, 3.05) is 6.54 Å². The number of carbonyl (C=O) groups excluding carboxylic acids is 1. The molecule has 1 aliphatic carbocycles. The van der Waals surface area contributed by atoms with E-state index in [0.29, 0.717) is 4.90 Å². The van der Waals surface area contributed by atoms with Crippen molar-refractivity contribution in [1.82, 2.24) is 19.4 Å². The number of carbonyl (C=O) groups is 2. The van der Waals surface area contributed by atoms with E-state index in [4.69, 9.17) is 0 Å². The largest absolute Gasteiger partial charge is 0.480 e. The van der Waals surface area contributed by atoms with Crippen molar-refractivity contribution in [2.45, 2.75) is 56.0 Å². The molecule has 0 unspecified atom stereocenters. The van der Waals surface area contributed by atoms with Gasteiger partial charge in [0.15, 0.2) is 10.9 Å². The second kappa shape index (κ2) is 8.12. The maximum atomic E-state index is 14.3. The summed E-state index contributed by atoms with van der Waals surface area (Å²) < 4.78 is 83.2. The van der Waals surface area contributed by atoms with Gasteiger partial charge in [-0.2, -0.15) is 13.2 Å². The van der Waals surface area contributed by atoms with E-state index in [1.165, 1.54) is 18.3 Å². The molecule has 35 heavy (non-hydrogen) atoms. The first-order chi connectivity index (χ1) is 16.2. The molecule has 1 saturated carbocycles. The van der Waals surface area contributed by atoms with Gasteiger partial charge >= 0.3 is 12.1 Å². The molecule has 2 aliphatic rings. The molecule has 2 N–H and O–H groups in total. The number of nitrogens with zero attached hydrogens (tertiary/aromatic N) is 3. The number of aromatic amines is 1. The lowest BCUT2D eigenvalue weighted by Gasteiger charge is -2.48. The Kier molecular flexibility index (Phi) is 5.75. The molecule has 8 nitrogen and oxygen atoms in total. The zero-order valence-corrected chi connectivity index (χ0v) is 18.0. The van der Waals surface area contributed by atoms with Crippen molar-refractivity contribution >= 4 is 22.9 Å². The highest BCUT2D eigenvalue weighted by atomic mass is 19.4. The minimum Gasteiger partial charge on any atom is -0.480 e. The third kappa shape index (κ3) is 3.97. The van der Waals surface area contributed by atoms with Gasteiger partial charge in [0.25, 0.3) is 11.5 Å². The highest BCUT2D eigenvalue weighted by molar-refractivity contribution is 5.86. The number of aliphatic carboxylic acids is 1. The predicted molar refractivity (Wildman–Crippen MR) is 108 cm³/mol. The Bertz CT molecular complexity index is 1240. The zero-order chi connectivity index (χ0) is 25.9. The first kappa shape index (κ1) is 24.8. The molecule has 3 atom stereocenters. The van der Waals surface area contributed by atoms with Crippen LogP contribution in [0.3, 0.4) is 0 Å². The molecule has 0 aromatic carbocycles. The van der Waals surface area contributed by atoms with Crippen LogP contribution in [0.25, 0.3) is 11.0 Å². The van der Waals surface area contributed by atoms with E-state index in [1.54, 1.807) is 0 Å². The van der Waals surface area contributed by atoms with Gasteiger partial charge in [0.05, 0.1) is 18.1 Å². The van der Waals surface area contributed by atoms with Crippen LogP contribution < -0.4 is 5.56 Å². The molecule has 4 rings (SSSR count). The summed E-state index contributed by atoms with van der Waals surface area (Å²) in [7, 11) is 0. The van der Waals surface area contributed by atoms with Gasteiger partial charge in [-0.3, -0.25) is 14.2 Å². The number of carboxylic acids is 1. The van der Waals surface area contributed by atoms with Crippen LogP contribution in [0.4, 0.5) is 26.3 Å². The molecular weight excluding hydrogens is 486 g/mol. The van der Waals surface area contributed by atoms with E-state index >= 15 is 0 Å². The van der Waals surface area contributed by atoms with Gasteiger partial charge in [-0.1, -0.05) is 6.08 Å². The van der Waals surface area contributed by atoms with E-state index < -0.39 is 79.0 Å². The quantitative estimate of drug-likeness (QED) is 0.461. The molecule has 1 amide bonds. The lowest BCUT2D eigenvalue weighted by atomic mass is 9.64. The number of likely N-dealkylation sites (tertiary alicyclic amines) is 1. The number of fused-ring (bicyclic) bond motifs is 1. The Morgan fingerprint density at radius 2 is 2.00 bits per heavy atom. The Morgan fingerprint density at radius 3 is 2.54 bits per heavy atom. The van der Waals surface area contributed by atoms with Crippen molar-refractivity contribution in [3.8, 4) is 0 Å². The molecule has 190 valence electrons. The fourth-order valence-corrected chi connectivity index (χ4v) is 4.78. The van der Waals surface area contributed by atoms with Crippen LogP contribution in [0.2, 0.25) is 0 Å². The molecule has 0 bridgehead atoms. The average molecular weight is 506 g/mol. The van der Waals surface area contributed by atoms with E-state index in [0.717, 1.165) is 4.57 Å². The summed E-state index contributed by atoms with van der Waals surface area (Å²) >= 11 is 0. The Balaban J connectivity index is 1.72. The number of H-pyrrole nitrogens is 1. The van der Waals surface area contributed by atoms with Crippen molar-refractivity contribution < 1.29 is 41.0 Å². The lowest BCUT2D eigenvalue weighted by molar-refractivity contribution is -0.299. The highest BCUT2D eigenvalue weighted by Gasteiger charge is 2.74. The van der Waals surface area contributed by atoms with Crippen LogP contribution in [0.5, 0.6) is 0 Å². The fourth-order valence-electron chi connectivity index (χ4n) is 4.78. The van der Waals surface area contributed by atoms with Crippen molar-refractivity contribution in [3.05, 3.63) is 41.1 Å². The van der Waals surface area contributed by atoms with E-state index in [2.05, 4.69) is 16.5 Å². The van der Waals surface area contributed by atoms with Gasteiger partial charge in [-0.15, -0.1) is 6.58 Å². The number of amides is 1. The van der Waals surface area contributed by atoms with Gasteiger partial charge < -0.3 is 15.0 Å². The number of allylic oxidation sites excluding steroid dienone is 1. The van der Waals surface area contributed by atoms with Gasteiger partial charge in [0, 0.05) is 25.5 Å². The maximum Gasteiger partial charge on any atom is 0.403 e. The number of nitrogens with one attached hydrogen (secondary N) is 1. The predicted octanol–water partition coefficient (Wildman–Crippen LogP) is 3.52. The summed E-state index contributed by atoms with van der Waals surface area (Å²) in [5.74, 6) is -6.87. The van der Waals surface area contributed by atoms with E-state index in [9.17, 15) is 45.8 Å². The minimum absolute atomic E-state index is 0.0828. The maximum absolute atomic E-state index is 14.3. The van der Waals surface area contributed by atoms with Gasteiger partial charge in [0.1, 0.15) is 18.0 Å². The summed E-state index contributed by atoms with van der Waals surface area (Å²) in [5.41, 5.74) is -4.36. The van der Waals surface area contributed by atoms with Crippen LogP contribution in [0, 0.1) is 5.41 Å². The van der Waals surface area contributed by atoms with Crippen molar-refractivity contribution in [1.29, 1.82) is 0 Å². The molecule has 0 spiro atoms. The Hall–Kier alpha value is -3.32. The van der Waals surface area contributed by atoms with E-state index in [-0.39, 0.29) is 23.3 Å². The summed E-state index contributed by atoms with van der Waals surface area (Å²) in [6, 6.07) is -1.35. The second-order valence-electron chi connectivity index (χ2n) is 8.89. The molecule has 1 saturated heterocycles. The summed E-state index contributed by atoms with van der Waals surface area (Å²) in [6.45, 7) is 2.69. The molecule has 2 fully saturated rings. The van der Waals surface area contributed by atoms with Gasteiger partial charge in [0.2, 0.25) is 5.91 Å². The van der Waals surface area contributed by atoms with Crippen molar-refractivity contribution in [3.63, 3.8) is 0 Å². The number of hydrogen-bond donors (Lipinski definition) is 2. The number of imidazole rings is 1. The zero-order valence-electron chi connectivity index (χ0n) is 18.0. The third-order valence-electron chi connectivity index (χ3n) is 6.50. The van der Waals surface area contributed by atoms with Crippen LogP contribution in [-0.4, -0.2) is 61.2 Å². The summed E-state index contributed by atoms with van der Waals surface area (Å²) in [6.07, 6.45) is -8.54. The normalized spacial score (nSPS) is 24.2. The smallest absolute Gasteiger partial charge is 0.403 e. The van der Waals surface area contributed by atoms with Crippen LogP contribution in [0.1, 0.15) is 43.6 Å². The number of halogens is 6. The topological polar surface area (TPSA) is 108 Å². The number of carboxylic acid groups (broad SMARTS) is 1. The summed E-state index contributed by atoms with van der Waals surface area (Å²) in [4.78, 5) is 44.6. The minimum atomic E-state index is -5.27. The number of aromatic nitrogens is 3. The van der Waals surface area contributed by atoms with Crippen LogP contribution in [0.15, 0.2) is 29.7 Å².